The van der Waals surface area contributed by atoms with Crippen molar-refractivity contribution in [1.29, 1.82) is 0 Å². The summed E-state index contributed by atoms with van der Waals surface area (Å²) in [6, 6.07) is 16.7. The second-order valence-electron chi connectivity index (χ2n) is 6.58. The minimum absolute atomic E-state index is 0.185. The first kappa shape index (κ1) is 20.1. The number of benzene rings is 2. The standard InChI is InChI=1S/C22H19ClN4O2S/c1-15-21(30-20(25-15)14-29-18-9-7-17(23)8-10-18)22(28)26-19-6-3-2-5-16(19)13-27-12-4-11-24-27/h2-12H,13-14H2,1H3,(H,26,28). The number of ether oxygens (including phenoxy) is 1. The Kier molecular flexibility index (Phi) is 6.11. The van der Waals surface area contributed by atoms with Gasteiger partial charge in [-0.2, -0.15) is 5.10 Å². The number of amides is 1. The number of anilines is 1. The number of thiazole rings is 1. The molecule has 8 heteroatoms. The first-order valence-corrected chi connectivity index (χ1v) is 10.5. The SMILES string of the molecule is Cc1nc(COc2ccc(Cl)cc2)sc1C(=O)Nc1ccccc1Cn1cccn1. The van der Waals surface area contributed by atoms with Crippen molar-refractivity contribution in [2.24, 2.45) is 0 Å². The molecule has 1 N–H and O–H groups in total. The molecule has 0 aliphatic heterocycles. The lowest BCUT2D eigenvalue weighted by molar-refractivity contribution is 0.102. The van der Waals surface area contributed by atoms with Gasteiger partial charge in [-0.25, -0.2) is 4.98 Å². The summed E-state index contributed by atoms with van der Waals surface area (Å²) in [5.41, 5.74) is 2.41. The molecule has 0 radical (unpaired) electrons. The van der Waals surface area contributed by atoms with Crippen LogP contribution in [0.15, 0.2) is 67.0 Å². The number of nitrogens with one attached hydrogen (secondary N) is 1. The third kappa shape index (κ3) is 4.87. The minimum Gasteiger partial charge on any atom is -0.486 e. The lowest BCUT2D eigenvalue weighted by Gasteiger charge is -2.11. The van der Waals surface area contributed by atoms with Crippen LogP contribution in [-0.2, 0) is 13.2 Å². The highest BCUT2D eigenvalue weighted by Crippen LogP contribution is 2.24. The molecule has 4 rings (SSSR count). The van der Waals surface area contributed by atoms with Crippen LogP contribution in [0.4, 0.5) is 5.69 Å². The molecule has 30 heavy (non-hydrogen) atoms. The van der Waals surface area contributed by atoms with E-state index in [-0.39, 0.29) is 12.5 Å². The lowest BCUT2D eigenvalue weighted by Crippen LogP contribution is -2.14. The van der Waals surface area contributed by atoms with Crippen molar-refractivity contribution in [3.05, 3.63) is 93.2 Å². The zero-order chi connectivity index (χ0) is 20.9. The number of carbonyl (C=O) groups is 1. The smallest absolute Gasteiger partial charge is 0.267 e. The summed E-state index contributed by atoms with van der Waals surface area (Å²) in [6.45, 7) is 2.69. The molecule has 152 valence electrons. The Bertz CT molecular complexity index is 1140. The van der Waals surface area contributed by atoms with Crippen molar-refractivity contribution in [3.8, 4) is 5.75 Å². The van der Waals surface area contributed by atoms with Crippen LogP contribution >= 0.6 is 22.9 Å². The van der Waals surface area contributed by atoms with Gasteiger partial charge in [-0.15, -0.1) is 11.3 Å². The summed E-state index contributed by atoms with van der Waals surface area (Å²) >= 11 is 7.22. The van der Waals surface area contributed by atoms with Crippen molar-refractivity contribution in [3.63, 3.8) is 0 Å². The molecule has 2 aromatic carbocycles. The molecule has 0 aliphatic carbocycles. The average Bonchev–Trinajstić information content (AvgIpc) is 3.38. The number of aromatic nitrogens is 3. The molecule has 4 aromatic rings. The highest BCUT2D eigenvalue weighted by atomic mass is 35.5. The van der Waals surface area contributed by atoms with Gasteiger partial charge in [0.1, 0.15) is 22.2 Å². The van der Waals surface area contributed by atoms with Gasteiger partial charge in [0.2, 0.25) is 0 Å². The Balaban J connectivity index is 1.45. The lowest BCUT2D eigenvalue weighted by atomic mass is 10.1. The van der Waals surface area contributed by atoms with Gasteiger partial charge in [-0.05, 0) is 48.9 Å². The number of nitrogens with zero attached hydrogens (tertiary/aromatic N) is 3. The molecule has 6 nitrogen and oxygen atoms in total. The summed E-state index contributed by atoms with van der Waals surface area (Å²) in [6.07, 6.45) is 3.62. The van der Waals surface area contributed by atoms with Crippen molar-refractivity contribution < 1.29 is 9.53 Å². The summed E-state index contributed by atoms with van der Waals surface area (Å²) in [5, 5.41) is 8.63. The third-order valence-electron chi connectivity index (χ3n) is 4.38. The van der Waals surface area contributed by atoms with Gasteiger partial charge >= 0.3 is 0 Å². The molecule has 0 saturated carbocycles. The fraction of sp³-hybridized carbons (Fsp3) is 0.136. The predicted molar refractivity (Wildman–Crippen MR) is 118 cm³/mol. The van der Waals surface area contributed by atoms with Gasteiger partial charge in [0.25, 0.3) is 5.91 Å². The number of para-hydroxylation sites is 1. The van der Waals surface area contributed by atoms with E-state index in [1.54, 1.807) is 30.5 Å². The van der Waals surface area contributed by atoms with Crippen LogP contribution in [0, 0.1) is 6.92 Å². The number of hydrogen-bond acceptors (Lipinski definition) is 5. The highest BCUT2D eigenvalue weighted by molar-refractivity contribution is 7.13. The van der Waals surface area contributed by atoms with Crippen LogP contribution in [0.25, 0.3) is 0 Å². The van der Waals surface area contributed by atoms with Crippen LogP contribution < -0.4 is 10.1 Å². The summed E-state index contributed by atoms with van der Waals surface area (Å²) in [4.78, 5) is 17.9. The van der Waals surface area contributed by atoms with Gasteiger partial charge in [-0.3, -0.25) is 9.48 Å². The normalized spacial score (nSPS) is 10.7. The zero-order valence-corrected chi connectivity index (χ0v) is 17.8. The molecule has 0 bridgehead atoms. The van der Waals surface area contributed by atoms with Crippen molar-refractivity contribution in [2.45, 2.75) is 20.1 Å². The molecule has 0 unspecified atom stereocenters. The van der Waals surface area contributed by atoms with E-state index in [9.17, 15) is 4.79 Å². The molecular weight excluding hydrogens is 420 g/mol. The van der Waals surface area contributed by atoms with Crippen LogP contribution in [0.3, 0.4) is 0 Å². The quantitative estimate of drug-likeness (QED) is 0.431. The maximum atomic E-state index is 12.9. The molecule has 2 aromatic heterocycles. The van der Waals surface area contributed by atoms with Gasteiger partial charge < -0.3 is 10.1 Å². The van der Waals surface area contributed by atoms with Gasteiger partial charge in [0, 0.05) is 23.1 Å². The van der Waals surface area contributed by atoms with E-state index in [1.165, 1.54) is 11.3 Å². The maximum absolute atomic E-state index is 12.9. The Morgan fingerprint density at radius 3 is 2.73 bits per heavy atom. The third-order valence-corrected chi connectivity index (χ3v) is 5.76. The van der Waals surface area contributed by atoms with Crippen molar-refractivity contribution >= 4 is 34.5 Å². The fourth-order valence-electron chi connectivity index (χ4n) is 2.93. The van der Waals surface area contributed by atoms with E-state index >= 15 is 0 Å². The van der Waals surface area contributed by atoms with Crippen LogP contribution in [0.2, 0.25) is 5.02 Å². The van der Waals surface area contributed by atoms with Crippen molar-refractivity contribution in [1.82, 2.24) is 14.8 Å². The first-order chi connectivity index (χ1) is 14.6. The number of hydrogen-bond donors (Lipinski definition) is 1. The predicted octanol–water partition coefficient (Wildman–Crippen LogP) is 5.18. The van der Waals surface area contributed by atoms with E-state index < -0.39 is 0 Å². The Morgan fingerprint density at radius 2 is 1.97 bits per heavy atom. The van der Waals surface area contributed by atoms with E-state index in [1.807, 2.05) is 48.1 Å². The van der Waals surface area contributed by atoms with E-state index in [4.69, 9.17) is 16.3 Å². The van der Waals surface area contributed by atoms with Crippen LogP contribution in [0.5, 0.6) is 5.75 Å². The number of aryl methyl sites for hydroxylation is 1. The molecular formula is C22H19ClN4O2S. The van der Waals surface area contributed by atoms with Crippen LogP contribution in [0.1, 0.15) is 25.9 Å². The second kappa shape index (κ2) is 9.11. The molecule has 1 amide bonds. The number of rotatable bonds is 7. The Morgan fingerprint density at radius 1 is 1.17 bits per heavy atom. The van der Waals surface area contributed by atoms with Gasteiger partial charge in [-0.1, -0.05) is 29.8 Å². The monoisotopic (exact) mass is 438 g/mol. The molecule has 2 heterocycles. The fourth-order valence-corrected chi connectivity index (χ4v) is 3.93. The van der Waals surface area contributed by atoms with Crippen LogP contribution in [-0.4, -0.2) is 20.7 Å². The summed E-state index contributed by atoms with van der Waals surface area (Å²) in [5.74, 6) is 0.515. The average molecular weight is 439 g/mol. The van der Waals surface area contributed by atoms with E-state index in [0.29, 0.717) is 27.9 Å². The Labute approximate surface area is 183 Å². The summed E-state index contributed by atoms with van der Waals surface area (Å²) in [7, 11) is 0. The largest absolute Gasteiger partial charge is 0.486 e. The summed E-state index contributed by atoms with van der Waals surface area (Å²) < 4.78 is 7.55. The second-order valence-corrected chi connectivity index (χ2v) is 8.10. The van der Waals surface area contributed by atoms with Crippen molar-refractivity contribution in [2.75, 3.05) is 5.32 Å². The zero-order valence-electron chi connectivity index (χ0n) is 16.2. The molecule has 0 aliphatic rings. The molecule has 0 fully saturated rings. The first-order valence-electron chi connectivity index (χ1n) is 9.30. The Hall–Kier alpha value is -3.16. The highest BCUT2D eigenvalue weighted by Gasteiger charge is 2.17. The minimum atomic E-state index is -0.185. The molecule has 0 saturated heterocycles. The molecule has 0 spiro atoms. The van der Waals surface area contributed by atoms with Gasteiger partial charge in [0.15, 0.2) is 0 Å². The van der Waals surface area contributed by atoms with E-state index in [0.717, 1.165) is 16.3 Å². The van der Waals surface area contributed by atoms with Gasteiger partial charge in [0.05, 0.1) is 12.2 Å². The maximum Gasteiger partial charge on any atom is 0.267 e. The number of halogens is 1. The number of carbonyl (C=O) groups excluding carboxylic acids is 1. The molecule has 0 atom stereocenters. The topological polar surface area (TPSA) is 69.0 Å². The van der Waals surface area contributed by atoms with E-state index in [2.05, 4.69) is 15.4 Å².